The van der Waals surface area contributed by atoms with Gasteiger partial charge < -0.3 is 9.47 Å². The second-order valence-electron chi connectivity index (χ2n) is 5.73. The second-order valence-corrected chi connectivity index (χ2v) is 5.73. The van der Waals surface area contributed by atoms with Crippen molar-refractivity contribution < 1.29 is 19.1 Å². The van der Waals surface area contributed by atoms with Crippen molar-refractivity contribution in [2.45, 2.75) is 58.7 Å². The van der Waals surface area contributed by atoms with E-state index < -0.39 is 5.41 Å². The maximum atomic E-state index is 11.9. The van der Waals surface area contributed by atoms with Gasteiger partial charge in [-0.15, -0.1) is 0 Å². The topological polar surface area (TPSA) is 52.6 Å². The summed E-state index contributed by atoms with van der Waals surface area (Å²) in [7, 11) is 0. The molecule has 0 radical (unpaired) electrons. The van der Waals surface area contributed by atoms with Crippen molar-refractivity contribution in [3.8, 4) is 0 Å². The van der Waals surface area contributed by atoms with Crippen LogP contribution in [0.1, 0.15) is 46.5 Å². The number of hydrogen-bond acceptors (Lipinski definition) is 4. The van der Waals surface area contributed by atoms with E-state index in [4.69, 9.17) is 9.47 Å². The Hall–Kier alpha value is -1.06. The lowest BCUT2D eigenvalue weighted by molar-refractivity contribution is -0.162. The van der Waals surface area contributed by atoms with Crippen LogP contribution in [0, 0.1) is 11.3 Å². The first-order valence-electron chi connectivity index (χ1n) is 6.34. The van der Waals surface area contributed by atoms with Crippen molar-refractivity contribution in [3.63, 3.8) is 0 Å². The maximum absolute atomic E-state index is 11.9. The first-order valence-corrected chi connectivity index (χ1v) is 6.34. The average Bonchev–Trinajstić information content (AvgIpc) is 2.52. The Morgan fingerprint density at radius 3 is 2.71 bits per heavy atom. The Morgan fingerprint density at radius 2 is 2.12 bits per heavy atom. The first-order chi connectivity index (χ1) is 7.92. The molecule has 0 aromatic rings. The number of esters is 2. The third-order valence-corrected chi connectivity index (χ3v) is 3.95. The van der Waals surface area contributed by atoms with Crippen molar-refractivity contribution in [2.75, 3.05) is 0 Å². The summed E-state index contributed by atoms with van der Waals surface area (Å²) in [4.78, 5) is 23.3. The number of carbonyl (C=O) groups is 2. The van der Waals surface area contributed by atoms with Crippen LogP contribution in [-0.4, -0.2) is 24.1 Å². The van der Waals surface area contributed by atoms with Gasteiger partial charge >= 0.3 is 11.9 Å². The van der Waals surface area contributed by atoms with Crippen LogP contribution >= 0.6 is 0 Å². The predicted molar refractivity (Wildman–Crippen MR) is 61.2 cm³/mol. The maximum Gasteiger partial charge on any atom is 0.311 e. The van der Waals surface area contributed by atoms with E-state index in [9.17, 15) is 9.59 Å². The predicted octanol–water partition coefficient (Wildman–Crippen LogP) is 2.06. The smallest absolute Gasteiger partial charge is 0.311 e. The molecule has 4 nitrogen and oxygen atoms in total. The molecule has 2 bridgehead atoms. The van der Waals surface area contributed by atoms with Crippen LogP contribution in [0.5, 0.6) is 0 Å². The molecule has 2 aliphatic rings. The zero-order valence-electron chi connectivity index (χ0n) is 10.7. The Balaban J connectivity index is 1.93. The molecule has 3 unspecified atom stereocenters. The van der Waals surface area contributed by atoms with Crippen molar-refractivity contribution in [1.29, 1.82) is 0 Å². The molecule has 96 valence electrons. The number of ether oxygens (including phenoxy) is 2. The Kier molecular flexibility index (Phi) is 3.15. The minimum Gasteiger partial charge on any atom is -0.462 e. The van der Waals surface area contributed by atoms with E-state index in [-0.39, 0.29) is 30.1 Å². The summed E-state index contributed by atoms with van der Waals surface area (Å²) in [6.45, 7) is 5.74. The fourth-order valence-electron chi connectivity index (χ4n) is 2.32. The van der Waals surface area contributed by atoms with Gasteiger partial charge in [0.05, 0.1) is 11.3 Å². The molecule has 1 aliphatic carbocycles. The van der Waals surface area contributed by atoms with Gasteiger partial charge in [0.2, 0.25) is 0 Å². The lowest BCUT2D eigenvalue weighted by Gasteiger charge is -2.28. The molecular weight excluding hydrogens is 220 g/mol. The quantitative estimate of drug-likeness (QED) is 0.708. The molecule has 1 saturated carbocycles. The van der Waals surface area contributed by atoms with Crippen LogP contribution in [0.4, 0.5) is 0 Å². The third kappa shape index (κ3) is 2.45. The largest absolute Gasteiger partial charge is 0.462 e. The zero-order valence-corrected chi connectivity index (χ0v) is 10.7. The van der Waals surface area contributed by atoms with Crippen LogP contribution in [0.25, 0.3) is 0 Å². The number of rotatable bonds is 3. The molecule has 1 aliphatic heterocycles. The SMILES string of the molecule is CCC(C)(C)C(=O)OC1CC2CC(C1)C(=O)O2. The Morgan fingerprint density at radius 1 is 1.41 bits per heavy atom. The fourth-order valence-corrected chi connectivity index (χ4v) is 2.32. The van der Waals surface area contributed by atoms with Gasteiger partial charge in [-0.25, -0.2) is 0 Å². The van der Waals surface area contributed by atoms with E-state index >= 15 is 0 Å². The highest BCUT2D eigenvalue weighted by atomic mass is 16.6. The first kappa shape index (κ1) is 12.4. The molecule has 0 N–H and O–H groups in total. The van der Waals surface area contributed by atoms with Gasteiger partial charge in [-0.05, 0) is 33.1 Å². The van der Waals surface area contributed by atoms with E-state index in [1.807, 2.05) is 20.8 Å². The summed E-state index contributed by atoms with van der Waals surface area (Å²) in [5.41, 5.74) is -0.443. The lowest BCUT2D eigenvalue weighted by atomic mass is 9.87. The summed E-state index contributed by atoms with van der Waals surface area (Å²) >= 11 is 0. The fraction of sp³-hybridized carbons (Fsp3) is 0.846. The normalized spacial score (nSPS) is 32.2. The van der Waals surface area contributed by atoms with Crippen LogP contribution < -0.4 is 0 Å². The third-order valence-electron chi connectivity index (χ3n) is 3.95. The highest BCUT2D eigenvalue weighted by Crippen LogP contribution is 2.36. The molecular formula is C13H20O4. The molecule has 0 aromatic carbocycles. The summed E-state index contributed by atoms with van der Waals surface area (Å²) in [6, 6.07) is 0. The van der Waals surface area contributed by atoms with Crippen molar-refractivity contribution >= 4 is 11.9 Å². The molecule has 3 atom stereocenters. The van der Waals surface area contributed by atoms with Gasteiger partial charge in [0.1, 0.15) is 12.2 Å². The molecule has 1 heterocycles. The molecule has 0 amide bonds. The molecule has 1 saturated heterocycles. The van der Waals surface area contributed by atoms with Crippen LogP contribution in [0.3, 0.4) is 0 Å². The van der Waals surface area contributed by atoms with E-state index in [0.717, 1.165) is 12.8 Å². The highest BCUT2D eigenvalue weighted by Gasteiger charge is 2.44. The monoisotopic (exact) mass is 240 g/mol. The number of hydrogen-bond donors (Lipinski definition) is 0. The highest BCUT2D eigenvalue weighted by molar-refractivity contribution is 5.77. The molecule has 2 fully saturated rings. The lowest BCUT2D eigenvalue weighted by Crippen LogP contribution is -2.34. The molecule has 0 spiro atoms. The van der Waals surface area contributed by atoms with E-state index in [1.54, 1.807) is 0 Å². The van der Waals surface area contributed by atoms with Crippen LogP contribution in [0.2, 0.25) is 0 Å². The standard InChI is InChI=1S/C13H20O4/c1-4-13(2,3)12(15)17-10-6-8-5-9(7-10)16-11(8)14/h8-10H,4-7H2,1-3H3. The second kappa shape index (κ2) is 4.31. The molecule has 4 heteroatoms. The van der Waals surface area contributed by atoms with Crippen molar-refractivity contribution in [1.82, 2.24) is 0 Å². The molecule has 2 rings (SSSR count). The minimum atomic E-state index is -0.443. The average molecular weight is 240 g/mol. The Bertz CT molecular complexity index is 334. The Labute approximate surface area is 102 Å². The summed E-state index contributed by atoms with van der Waals surface area (Å²) in [5, 5.41) is 0. The summed E-state index contributed by atoms with van der Waals surface area (Å²) in [6.07, 6.45) is 2.65. The number of fused-ring (bicyclic) bond motifs is 2. The van der Waals surface area contributed by atoms with Gasteiger partial charge in [0.25, 0.3) is 0 Å². The van der Waals surface area contributed by atoms with Crippen molar-refractivity contribution in [2.24, 2.45) is 11.3 Å². The van der Waals surface area contributed by atoms with Crippen molar-refractivity contribution in [3.05, 3.63) is 0 Å². The zero-order chi connectivity index (χ0) is 12.6. The van der Waals surface area contributed by atoms with Gasteiger partial charge in [-0.2, -0.15) is 0 Å². The van der Waals surface area contributed by atoms with E-state index in [1.165, 1.54) is 0 Å². The molecule has 0 aromatic heterocycles. The summed E-state index contributed by atoms with van der Waals surface area (Å²) < 4.78 is 10.7. The summed E-state index contributed by atoms with van der Waals surface area (Å²) in [5.74, 6) is -0.349. The van der Waals surface area contributed by atoms with E-state index in [2.05, 4.69) is 0 Å². The van der Waals surface area contributed by atoms with Crippen LogP contribution in [0.15, 0.2) is 0 Å². The van der Waals surface area contributed by atoms with Gasteiger partial charge in [-0.1, -0.05) is 6.92 Å². The minimum absolute atomic E-state index is 0.0382. The number of carbonyl (C=O) groups excluding carboxylic acids is 2. The molecule has 17 heavy (non-hydrogen) atoms. The van der Waals surface area contributed by atoms with Gasteiger partial charge in [0.15, 0.2) is 0 Å². The van der Waals surface area contributed by atoms with Gasteiger partial charge in [0, 0.05) is 6.42 Å². The van der Waals surface area contributed by atoms with E-state index in [0.29, 0.717) is 12.8 Å². The van der Waals surface area contributed by atoms with Gasteiger partial charge in [-0.3, -0.25) is 9.59 Å². The van der Waals surface area contributed by atoms with Crippen LogP contribution in [-0.2, 0) is 19.1 Å².